The predicted molar refractivity (Wildman–Crippen MR) is 57.5 cm³/mol. The largest absolute Gasteiger partial charge is 0.457 e. The molecule has 1 rings (SSSR count). The van der Waals surface area contributed by atoms with Gasteiger partial charge in [-0.25, -0.2) is 0 Å². The average Bonchev–Trinajstić information content (AvgIpc) is 2.29. The Hall–Kier alpha value is -1.51. The zero-order valence-corrected chi connectivity index (χ0v) is 9.10. The Balaban J connectivity index is 2.25. The number of rotatable bonds is 5. The van der Waals surface area contributed by atoms with E-state index in [0.717, 1.165) is 6.42 Å². The van der Waals surface area contributed by atoms with Gasteiger partial charge in [-0.15, -0.1) is 0 Å². The molecule has 0 heterocycles. The first kappa shape index (κ1) is 11.6. The smallest absolute Gasteiger partial charge is 0.311 e. The van der Waals surface area contributed by atoms with Gasteiger partial charge in [0, 0.05) is 0 Å². The number of para-hydroxylation sites is 1. The quantitative estimate of drug-likeness (QED) is 0.551. The summed E-state index contributed by atoms with van der Waals surface area (Å²) < 4.78 is 10.2. The molecule has 1 unspecified atom stereocenters. The molecule has 0 amide bonds. The Bertz CT molecular complexity index is 295. The molecule has 1 atom stereocenters. The fourth-order valence-electron chi connectivity index (χ4n) is 0.981. The van der Waals surface area contributed by atoms with Crippen molar-refractivity contribution in [1.82, 2.24) is 0 Å². The highest BCUT2D eigenvalue weighted by molar-refractivity contribution is 5.71. The van der Waals surface area contributed by atoms with Crippen LogP contribution in [0.1, 0.15) is 20.3 Å². The third kappa shape index (κ3) is 4.02. The van der Waals surface area contributed by atoms with Crippen molar-refractivity contribution in [3.8, 4) is 5.75 Å². The SMILES string of the molecule is CCC(C)C(=O)OCOc1ccccc1. The number of carbonyl (C=O) groups is 1. The van der Waals surface area contributed by atoms with E-state index >= 15 is 0 Å². The molecule has 1 aromatic rings. The molecule has 3 nitrogen and oxygen atoms in total. The molecule has 0 saturated carbocycles. The lowest BCUT2D eigenvalue weighted by atomic mass is 10.1. The van der Waals surface area contributed by atoms with Crippen molar-refractivity contribution in [2.75, 3.05) is 6.79 Å². The van der Waals surface area contributed by atoms with E-state index < -0.39 is 0 Å². The average molecular weight is 208 g/mol. The summed E-state index contributed by atoms with van der Waals surface area (Å²) in [4.78, 5) is 11.3. The van der Waals surface area contributed by atoms with Gasteiger partial charge < -0.3 is 9.47 Å². The van der Waals surface area contributed by atoms with Gasteiger partial charge >= 0.3 is 5.97 Å². The Kier molecular flexibility index (Phi) is 4.68. The molecule has 0 aliphatic carbocycles. The van der Waals surface area contributed by atoms with Crippen LogP contribution >= 0.6 is 0 Å². The second kappa shape index (κ2) is 6.06. The van der Waals surface area contributed by atoms with Gasteiger partial charge in [0.15, 0.2) is 0 Å². The van der Waals surface area contributed by atoms with Crippen molar-refractivity contribution < 1.29 is 14.3 Å². The molecule has 0 N–H and O–H groups in total. The van der Waals surface area contributed by atoms with Crippen LogP contribution in [-0.2, 0) is 9.53 Å². The minimum Gasteiger partial charge on any atom is -0.457 e. The van der Waals surface area contributed by atoms with Crippen LogP contribution in [-0.4, -0.2) is 12.8 Å². The molecule has 0 aliphatic rings. The van der Waals surface area contributed by atoms with E-state index in [1.54, 1.807) is 0 Å². The van der Waals surface area contributed by atoms with E-state index in [1.807, 2.05) is 44.2 Å². The maximum Gasteiger partial charge on any atom is 0.311 e. The highest BCUT2D eigenvalue weighted by Gasteiger charge is 2.11. The van der Waals surface area contributed by atoms with Gasteiger partial charge in [-0.3, -0.25) is 4.79 Å². The van der Waals surface area contributed by atoms with Gasteiger partial charge in [-0.05, 0) is 18.6 Å². The highest BCUT2D eigenvalue weighted by atomic mass is 16.7. The normalized spacial score (nSPS) is 11.9. The van der Waals surface area contributed by atoms with Crippen LogP contribution in [0.2, 0.25) is 0 Å². The van der Waals surface area contributed by atoms with Crippen LogP contribution in [0, 0.1) is 5.92 Å². The van der Waals surface area contributed by atoms with Crippen molar-refractivity contribution in [3.05, 3.63) is 30.3 Å². The third-order valence-electron chi connectivity index (χ3n) is 2.18. The van der Waals surface area contributed by atoms with Crippen LogP contribution in [0.25, 0.3) is 0 Å². The van der Waals surface area contributed by atoms with E-state index in [1.165, 1.54) is 0 Å². The lowest BCUT2D eigenvalue weighted by Crippen LogP contribution is -2.17. The van der Waals surface area contributed by atoms with Gasteiger partial charge in [0.25, 0.3) is 0 Å². The first-order valence-electron chi connectivity index (χ1n) is 5.08. The molecule has 3 heteroatoms. The van der Waals surface area contributed by atoms with E-state index in [2.05, 4.69) is 0 Å². The summed E-state index contributed by atoms with van der Waals surface area (Å²) in [5.74, 6) is 0.423. The van der Waals surface area contributed by atoms with E-state index in [0.29, 0.717) is 5.75 Å². The molecule has 15 heavy (non-hydrogen) atoms. The summed E-state index contributed by atoms with van der Waals surface area (Å²) >= 11 is 0. The minimum atomic E-state index is -0.214. The topological polar surface area (TPSA) is 35.5 Å². The van der Waals surface area contributed by atoms with Crippen molar-refractivity contribution >= 4 is 5.97 Å². The summed E-state index contributed by atoms with van der Waals surface area (Å²) in [5, 5.41) is 0. The number of carbonyl (C=O) groups excluding carboxylic acids is 1. The molecule has 0 aromatic heterocycles. The van der Waals surface area contributed by atoms with Gasteiger partial charge in [0.05, 0.1) is 5.92 Å². The van der Waals surface area contributed by atoms with Gasteiger partial charge in [0.2, 0.25) is 6.79 Å². The van der Waals surface area contributed by atoms with Gasteiger partial charge in [-0.1, -0.05) is 32.0 Å². The van der Waals surface area contributed by atoms with Crippen LogP contribution in [0.5, 0.6) is 5.75 Å². The molecule has 0 radical (unpaired) electrons. The van der Waals surface area contributed by atoms with Crippen LogP contribution in [0.4, 0.5) is 0 Å². The van der Waals surface area contributed by atoms with Crippen molar-refractivity contribution in [2.45, 2.75) is 20.3 Å². The molecule has 0 aliphatic heterocycles. The molecular weight excluding hydrogens is 192 g/mol. The zero-order chi connectivity index (χ0) is 11.1. The summed E-state index contributed by atoms with van der Waals surface area (Å²) in [6, 6.07) is 9.27. The standard InChI is InChI=1S/C12H16O3/c1-3-10(2)12(13)15-9-14-11-7-5-4-6-8-11/h4-8,10H,3,9H2,1-2H3. The van der Waals surface area contributed by atoms with E-state index in [-0.39, 0.29) is 18.7 Å². The Morgan fingerprint density at radius 1 is 1.33 bits per heavy atom. The second-order valence-corrected chi connectivity index (χ2v) is 3.35. The molecule has 82 valence electrons. The maximum absolute atomic E-state index is 11.3. The van der Waals surface area contributed by atoms with Crippen LogP contribution in [0.15, 0.2) is 30.3 Å². The summed E-state index contributed by atoms with van der Waals surface area (Å²) in [6.45, 7) is 3.77. The Labute approximate surface area is 90.0 Å². The zero-order valence-electron chi connectivity index (χ0n) is 9.10. The Morgan fingerprint density at radius 2 is 2.00 bits per heavy atom. The maximum atomic E-state index is 11.3. The first-order valence-corrected chi connectivity index (χ1v) is 5.08. The summed E-state index contributed by atoms with van der Waals surface area (Å²) in [6.07, 6.45) is 0.782. The molecule has 1 aromatic carbocycles. The molecule has 0 saturated heterocycles. The second-order valence-electron chi connectivity index (χ2n) is 3.35. The fourth-order valence-corrected chi connectivity index (χ4v) is 0.981. The van der Waals surface area contributed by atoms with Crippen LogP contribution < -0.4 is 4.74 Å². The monoisotopic (exact) mass is 208 g/mol. The highest BCUT2D eigenvalue weighted by Crippen LogP contribution is 2.09. The molecule has 0 fully saturated rings. The van der Waals surface area contributed by atoms with Gasteiger partial charge in [-0.2, -0.15) is 0 Å². The van der Waals surface area contributed by atoms with Gasteiger partial charge in [0.1, 0.15) is 5.75 Å². The van der Waals surface area contributed by atoms with Crippen molar-refractivity contribution in [2.24, 2.45) is 5.92 Å². The minimum absolute atomic E-state index is 0.0206. The predicted octanol–water partition coefficient (Wildman–Crippen LogP) is 2.61. The van der Waals surface area contributed by atoms with Crippen molar-refractivity contribution in [1.29, 1.82) is 0 Å². The van der Waals surface area contributed by atoms with Crippen molar-refractivity contribution in [3.63, 3.8) is 0 Å². The Morgan fingerprint density at radius 3 is 2.60 bits per heavy atom. The molecule has 0 spiro atoms. The summed E-state index contributed by atoms with van der Waals surface area (Å²) in [5.41, 5.74) is 0. The number of benzene rings is 1. The lowest BCUT2D eigenvalue weighted by Gasteiger charge is -2.10. The number of ether oxygens (including phenoxy) is 2. The van der Waals surface area contributed by atoms with Crippen LogP contribution in [0.3, 0.4) is 0 Å². The van der Waals surface area contributed by atoms with E-state index in [9.17, 15) is 4.79 Å². The lowest BCUT2D eigenvalue weighted by molar-refractivity contribution is -0.154. The molecular formula is C12H16O3. The molecule has 0 bridgehead atoms. The number of hydrogen-bond acceptors (Lipinski definition) is 3. The number of esters is 1. The first-order chi connectivity index (χ1) is 7.24. The van der Waals surface area contributed by atoms with E-state index in [4.69, 9.17) is 9.47 Å². The third-order valence-corrected chi connectivity index (χ3v) is 2.18. The fraction of sp³-hybridized carbons (Fsp3) is 0.417. The summed E-state index contributed by atoms with van der Waals surface area (Å²) in [7, 11) is 0. The number of hydrogen-bond donors (Lipinski definition) is 0.